The van der Waals surface area contributed by atoms with E-state index >= 15 is 0 Å². The number of carboxylic acids is 1. The third kappa shape index (κ3) is 3.54. The summed E-state index contributed by atoms with van der Waals surface area (Å²) in [7, 11) is 0. The molecule has 0 saturated heterocycles. The first kappa shape index (κ1) is 17.9. The number of nitrogens with one attached hydrogen (secondary N) is 1. The lowest BCUT2D eigenvalue weighted by Crippen LogP contribution is -2.01. The highest BCUT2D eigenvalue weighted by Crippen LogP contribution is 2.37. The van der Waals surface area contributed by atoms with Crippen molar-refractivity contribution in [3.8, 4) is 0 Å². The fourth-order valence-electron chi connectivity index (χ4n) is 2.22. The van der Waals surface area contributed by atoms with Crippen molar-refractivity contribution >= 4 is 38.2 Å². The van der Waals surface area contributed by atoms with Gasteiger partial charge in [-0.15, -0.1) is 0 Å². The number of aromatic nitrogens is 1. The van der Waals surface area contributed by atoms with Crippen molar-refractivity contribution in [3.63, 3.8) is 0 Å². The smallest absolute Gasteiger partial charge is 0.339 e. The van der Waals surface area contributed by atoms with Crippen molar-refractivity contribution in [2.45, 2.75) is 27.7 Å². The van der Waals surface area contributed by atoms with Crippen molar-refractivity contribution < 1.29 is 14.3 Å². The summed E-state index contributed by atoms with van der Waals surface area (Å²) in [6.07, 6.45) is 0. The fourth-order valence-corrected chi connectivity index (χ4v) is 3.34. The molecule has 0 bridgehead atoms. The molecule has 24 heavy (non-hydrogen) atoms. The van der Waals surface area contributed by atoms with E-state index < -0.39 is 11.8 Å². The molecule has 0 radical (unpaired) electrons. The van der Waals surface area contributed by atoms with Gasteiger partial charge in [-0.2, -0.15) is 0 Å². The van der Waals surface area contributed by atoms with Crippen LogP contribution in [0.1, 0.15) is 35.5 Å². The van der Waals surface area contributed by atoms with Gasteiger partial charge in [0.1, 0.15) is 21.2 Å². The maximum atomic E-state index is 14.0. The van der Waals surface area contributed by atoms with Crippen LogP contribution in [-0.4, -0.2) is 16.1 Å². The summed E-state index contributed by atoms with van der Waals surface area (Å²) in [5, 5.41) is 13.3. The number of anilines is 2. The number of halogens is 1. The average Bonchev–Trinajstić information content (AvgIpc) is 2.89. The van der Waals surface area contributed by atoms with Crippen LogP contribution >= 0.6 is 11.3 Å². The average molecular weight is 346 g/mol. The van der Waals surface area contributed by atoms with Crippen LogP contribution in [0.25, 0.3) is 10.2 Å². The van der Waals surface area contributed by atoms with Crippen molar-refractivity contribution in [3.05, 3.63) is 53.0 Å². The minimum atomic E-state index is -1.06. The second-order valence-corrected chi connectivity index (χ2v) is 6.02. The lowest BCUT2D eigenvalue weighted by molar-refractivity contribution is 0.0700. The molecule has 0 atom stereocenters. The first-order chi connectivity index (χ1) is 11.5. The van der Waals surface area contributed by atoms with Gasteiger partial charge >= 0.3 is 5.97 Å². The Morgan fingerprint density at radius 1 is 1.21 bits per heavy atom. The molecule has 0 aliphatic rings. The van der Waals surface area contributed by atoms with E-state index in [1.165, 1.54) is 17.4 Å². The topological polar surface area (TPSA) is 62.2 Å². The van der Waals surface area contributed by atoms with Crippen LogP contribution in [0.2, 0.25) is 0 Å². The van der Waals surface area contributed by atoms with Crippen molar-refractivity contribution in [1.82, 2.24) is 4.98 Å². The summed E-state index contributed by atoms with van der Waals surface area (Å²) >= 11 is 1.20. The monoisotopic (exact) mass is 346 g/mol. The first-order valence-electron chi connectivity index (χ1n) is 7.62. The second-order valence-electron chi connectivity index (χ2n) is 5.02. The summed E-state index contributed by atoms with van der Waals surface area (Å²) in [5.74, 6) is -1.48. The van der Waals surface area contributed by atoms with Gasteiger partial charge in [0.15, 0.2) is 0 Å². The van der Waals surface area contributed by atoms with Crippen LogP contribution in [0.5, 0.6) is 0 Å². The molecular formula is C18H19FN2O2S. The third-order valence-corrected chi connectivity index (χ3v) is 4.30. The van der Waals surface area contributed by atoms with Gasteiger partial charge in [0.2, 0.25) is 0 Å². The quantitative estimate of drug-likeness (QED) is 0.655. The molecule has 2 N–H and O–H groups in total. The molecular weight excluding hydrogens is 327 g/mol. The highest BCUT2D eigenvalue weighted by atomic mass is 32.1. The number of nitrogens with zero attached hydrogens (tertiary/aromatic N) is 1. The second kappa shape index (κ2) is 7.40. The molecule has 0 aliphatic carbocycles. The highest BCUT2D eigenvalue weighted by Gasteiger charge is 2.20. The minimum Gasteiger partial charge on any atom is -0.478 e. The highest BCUT2D eigenvalue weighted by molar-refractivity contribution is 7.23. The molecule has 2 aromatic heterocycles. The zero-order valence-electron chi connectivity index (χ0n) is 14.0. The standard InChI is InChI=1S/C16H13FN2O2S.C2H6/c1-8-3-6-12(11(17)7-8)19-15-13(16(20)21)10-5-4-9(2)18-14(10)22-15;1-2/h3-7,19H,1-2H3,(H,20,21);1-2H3. The Morgan fingerprint density at radius 3 is 2.54 bits per heavy atom. The van der Waals surface area contributed by atoms with E-state index in [1.807, 2.05) is 20.8 Å². The molecule has 6 heteroatoms. The van der Waals surface area contributed by atoms with E-state index in [-0.39, 0.29) is 11.3 Å². The van der Waals surface area contributed by atoms with Crippen molar-refractivity contribution in [2.24, 2.45) is 0 Å². The Labute approximate surface area is 144 Å². The molecule has 0 spiro atoms. The zero-order chi connectivity index (χ0) is 17.9. The molecule has 3 aromatic rings. The molecule has 0 unspecified atom stereocenters. The number of rotatable bonds is 3. The number of carbonyl (C=O) groups is 1. The molecule has 0 aliphatic heterocycles. The predicted octanol–water partition coefficient (Wildman–Crippen LogP) is 5.52. The van der Waals surface area contributed by atoms with Crippen LogP contribution in [-0.2, 0) is 0 Å². The van der Waals surface area contributed by atoms with Crippen LogP contribution in [0.15, 0.2) is 30.3 Å². The van der Waals surface area contributed by atoms with E-state index in [0.717, 1.165) is 11.3 Å². The number of aryl methyl sites for hydroxylation is 2. The van der Waals surface area contributed by atoms with Crippen LogP contribution in [0.3, 0.4) is 0 Å². The van der Waals surface area contributed by atoms with Gasteiger partial charge in [-0.05, 0) is 43.7 Å². The summed E-state index contributed by atoms with van der Waals surface area (Å²) in [6, 6.07) is 8.26. The number of aromatic carboxylic acids is 1. The number of hydrogen-bond donors (Lipinski definition) is 2. The van der Waals surface area contributed by atoms with Gasteiger partial charge in [-0.25, -0.2) is 14.2 Å². The van der Waals surface area contributed by atoms with Crippen LogP contribution < -0.4 is 5.32 Å². The number of benzene rings is 1. The Balaban J connectivity index is 0.00000100. The van der Waals surface area contributed by atoms with Gasteiger partial charge in [-0.1, -0.05) is 31.3 Å². The normalized spacial score (nSPS) is 10.2. The lowest BCUT2D eigenvalue weighted by atomic mass is 10.2. The van der Waals surface area contributed by atoms with Gasteiger partial charge in [-0.3, -0.25) is 0 Å². The van der Waals surface area contributed by atoms with Gasteiger partial charge in [0.25, 0.3) is 0 Å². The molecule has 1 aromatic carbocycles. The molecule has 0 amide bonds. The Hall–Kier alpha value is -2.47. The van der Waals surface area contributed by atoms with E-state index in [4.69, 9.17) is 0 Å². The number of fused-ring (bicyclic) bond motifs is 1. The summed E-state index contributed by atoms with van der Waals surface area (Å²) in [6.45, 7) is 7.63. The molecule has 0 saturated carbocycles. The van der Waals surface area contributed by atoms with Crippen molar-refractivity contribution in [2.75, 3.05) is 5.32 Å². The molecule has 2 heterocycles. The lowest BCUT2D eigenvalue weighted by Gasteiger charge is -2.07. The number of thiophene rings is 1. The Kier molecular flexibility index (Phi) is 5.51. The summed E-state index contributed by atoms with van der Waals surface area (Å²) < 4.78 is 14.0. The maximum Gasteiger partial charge on any atom is 0.339 e. The van der Waals surface area contributed by atoms with E-state index in [2.05, 4.69) is 10.3 Å². The number of pyridine rings is 1. The third-order valence-electron chi connectivity index (χ3n) is 3.28. The Morgan fingerprint density at radius 2 is 1.92 bits per heavy atom. The summed E-state index contributed by atoms with van der Waals surface area (Å²) in [5.41, 5.74) is 1.97. The van der Waals surface area contributed by atoms with Gasteiger partial charge < -0.3 is 10.4 Å². The van der Waals surface area contributed by atoms with E-state index in [1.54, 1.807) is 31.2 Å². The molecule has 0 fully saturated rings. The number of carboxylic acid groups (broad SMARTS) is 1. The number of hydrogen-bond acceptors (Lipinski definition) is 4. The van der Waals surface area contributed by atoms with E-state index in [0.29, 0.717) is 15.2 Å². The van der Waals surface area contributed by atoms with Gasteiger partial charge in [0.05, 0.1) is 5.69 Å². The van der Waals surface area contributed by atoms with Crippen LogP contribution in [0.4, 0.5) is 15.1 Å². The predicted molar refractivity (Wildman–Crippen MR) is 97.1 cm³/mol. The van der Waals surface area contributed by atoms with E-state index in [9.17, 15) is 14.3 Å². The molecule has 4 nitrogen and oxygen atoms in total. The molecule has 126 valence electrons. The van der Waals surface area contributed by atoms with Crippen molar-refractivity contribution in [1.29, 1.82) is 0 Å². The summed E-state index contributed by atoms with van der Waals surface area (Å²) in [4.78, 5) is 16.5. The SMILES string of the molecule is CC.Cc1ccc(Nc2sc3nc(C)ccc3c2C(=O)O)c(F)c1. The molecule has 3 rings (SSSR count). The zero-order valence-corrected chi connectivity index (χ0v) is 14.8. The fraction of sp³-hybridized carbons (Fsp3) is 0.222. The van der Waals surface area contributed by atoms with Crippen LogP contribution in [0, 0.1) is 19.7 Å². The maximum absolute atomic E-state index is 14.0. The van der Waals surface area contributed by atoms with Gasteiger partial charge in [0, 0.05) is 11.1 Å². The first-order valence-corrected chi connectivity index (χ1v) is 8.44. The minimum absolute atomic E-state index is 0.118. The largest absolute Gasteiger partial charge is 0.478 e. The Bertz CT molecular complexity index is 890.